The van der Waals surface area contributed by atoms with E-state index in [0.29, 0.717) is 0 Å². The number of amides is 1. The Morgan fingerprint density at radius 1 is 1.27 bits per heavy atom. The summed E-state index contributed by atoms with van der Waals surface area (Å²) in [7, 11) is 1.31. The first-order valence-corrected chi connectivity index (χ1v) is 7.66. The molecule has 0 radical (unpaired) electrons. The summed E-state index contributed by atoms with van der Waals surface area (Å²) in [4.78, 5) is 39.1. The van der Waals surface area contributed by atoms with Crippen LogP contribution in [0.2, 0.25) is 0 Å². The van der Waals surface area contributed by atoms with Crippen LogP contribution in [0.25, 0.3) is 0 Å². The van der Waals surface area contributed by atoms with E-state index in [2.05, 4.69) is 10.3 Å². The molecule has 9 nitrogen and oxygen atoms in total. The molecular formula is C17H19N3O6. The molecule has 0 saturated heterocycles. The van der Waals surface area contributed by atoms with E-state index in [1.165, 1.54) is 20.9 Å². The molecule has 0 unspecified atom stereocenters. The van der Waals surface area contributed by atoms with Crippen molar-refractivity contribution in [3.63, 3.8) is 0 Å². The highest BCUT2D eigenvalue weighted by Crippen LogP contribution is 2.20. The largest absolute Gasteiger partial charge is 0.501 e. The number of rotatable bonds is 5. The Bertz CT molecular complexity index is 889. The van der Waals surface area contributed by atoms with Gasteiger partial charge in [0.2, 0.25) is 5.75 Å². The Kier molecular flexibility index (Phi) is 5.30. The van der Waals surface area contributed by atoms with Crippen LogP contribution in [-0.4, -0.2) is 31.8 Å². The van der Waals surface area contributed by atoms with Crippen LogP contribution in [0.1, 0.15) is 35.7 Å². The van der Waals surface area contributed by atoms with Gasteiger partial charge >= 0.3 is 12.1 Å². The Morgan fingerprint density at radius 3 is 2.46 bits per heavy atom. The van der Waals surface area contributed by atoms with Crippen molar-refractivity contribution in [2.24, 2.45) is 7.05 Å². The van der Waals surface area contributed by atoms with Crippen LogP contribution < -0.4 is 10.9 Å². The maximum atomic E-state index is 12.1. The van der Waals surface area contributed by atoms with Crippen LogP contribution >= 0.6 is 0 Å². The third-order valence-electron chi connectivity index (χ3n) is 3.66. The van der Waals surface area contributed by atoms with Crippen LogP contribution in [0.4, 0.5) is 4.79 Å². The topological polar surface area (TPSA) is 131 Å². The van der Waals surface area contributed by atoms with Crippen LogP contribution in [0.15, 0.2) is 35.1 Å². The highest BCUT2D eigenvalue weighted by molar-refractivity contribution is 5.88. The number of nitrogens with one attached hydrogen (secondary N) is 1. The van der Waals surface area contributed by atoms with Crippen molar-refractivity contribution in [3.8, 4) is 5.75 Å². The molecule has 2 aromatic rings. The third-order valence-corrected chi connectivity index (χ3v) is 3.66. The van der Waals surface area contributed by atoms with Crippen molar-refractivity contribution >= 4 is 12.1 Å². The van der Waals surface area contributed by atoms with Gasteiger partial charge in [0, 0.05) is 7.05 Å². The number of carbonyl (C=O) groups excluding carboxylic acids is 1. The lowest BCUT2D eigenvalue weighted by Crippen LogP contribution is -2.45. The molecule has 0 aliphatic heterocycles. The van der Waals surface area contributed by atoms with E-state index in [9.17, 15) is 19.5 Å². The van der Waals surface area contributed by atoms with E-state index >= 15 is 0 Å². The van der Waals surface area contributed by atoms with E-state index in [-0.39, 0.29) is 12.4 Å². The molecule has 1 aromatic heterocycles. The molecule has 1 aromatic carbocycles. The zero-order valence-electron chi connectivity index (χ0n) is 14.5. The molecule has 0 fully saturated rings. The van der Waals surface area contributed by atoms with Gasteiger partial charge in [-0.2, -0.15) is 0 Å². The van der Waals surface area contributed by atoms with E-state index in [1.807, 2.05) is 18.2 Å². The predicted molar refractivity (Wildman–Crippen MR) is 90.9 cm³/mol. The summed E-state index contributed by atoms with van der Waals surface area (Å²) >= 11 is 0. The molecule has 2 rings (SSSR count). The number of benzene rings is 1. The van der Waals surface area contributed by atoms with E-state index in [0.717, 1.165) is 10.1 Å². The second-order valence-corrected chi connectivity index (χ2v) is 6.11. The van der Waals surface area contributed by atoms with Gasteiger partial charge in [0.1, 0.15) is 12.4 Å². The lowest BCUT2D eigenvalue weighted by atomic mass is 10.0. The Morgan fingerprint density at radius 2 is 1.88 bits per heavy atom. The van der Waals surface area contributed by atoms with Gasteiger partial charge in [-0.15, -0.1) is 0 Å². The number of aromatic nitrogens is 2. The van der Waals surface area contributed by atoms with E-state index in [1.54, 1.807) is 12.1 Å². The normalized spacial score (nSPS) is 11.0. The molecule has 0 atom stereocenters. The van der Waals surface area contributed by atoms with Crippen molar-refractivity contribution in [3.05, 3.63) is 57.8 Å². The zero-order valence-corrected chi connectivity index (χ0v) is 14.5. The van der Waals surface area contributed by atoms with Crippen LogP contribution in [0.5, 0.6) is 5.75 Å². The van der Waals surface area contributed by atoms with E-state index in [4.69, 9.17) is 9.84 Å². The maximum Gasteiger partial charge on any atom is 0.408 e. The molecule has 9 heteroatoms. The minimum Gasteiger partial charge on any atom is -0.501 e. The SMILES string of the molecule is Cn1c(C(C)(C)NC(=O)OCc2ccccc2)nc(C(=O)O)c(O)c1=O. The van der Waals surface area contributed by atoms with Crippen molar-refractivity contribution in [2.45, 2.75) is 26.0 Å². The number of alkyl carbamates (subject to hydrolysis) is 1. The molecule has 138 valence electrons. The first-order valence-electron chi connectivity index (χ1n) is 7.66. The van der Waals surface area contributed by atoms with Crippen LogP contribution in [0, 0.1) is 0 Å². The molecule has 0 saturated carbocycles. The minimum atomic E-state index is -1.55. The number of aromatic carboxylic acids is 1. The van der Waals surface area contributed by atoms with Crippen LogP contribution in [-0.2, 0) is 23.9 Å². The molecule has 0 aliphatic carbocycles. The predicted octanol–water partition coefficient (Wildman–Crippen LogP) is 1.35. The van der Waals surface area contributed by atoms with E-state index < -0.39 is 34.6 Å². The van der Waals surface area contributed by atoms with Crippen LogP contribution in [0.3, 0.4) is 0 Å². The van der Waals surface area contributed by atoms with Crippen molar-refractivity contribution < 1.29 is 24.5 Å². The molecule has 0 aliphatic rings. The van der Waals surface area contributed by atoms with Crippen molar-refractivity contribution in [2.75, 3.05) is 0 Å². The fraction of sp³-hybridized carbons (Fsp3) is 0.294. The Labute approximate surface area is 148 Å². The number of nitrogens with zero attached hydrogens (tertiary/aromatic N) is 2. The number of carboxylic acids is 1. The first-order chi connectivity index (χ1) is 12.1. The molecule has 26 heavy (non-hydrogen) atoms. The van der Waals surface area contributed by atoms with Gasteiger partial charge in [0.15, 0.2) is 5.69 Å². The second-order valence-electron chi connectivity index (χ2n) is 6.11. The summed E-state index contributed by atoms with van der Waals surface area (Å²) in [6.45, 7) is 3.10. The standard InChI is InChI=1S/C17H19N3O6/c1-17(2,19-16(25)26-9-10-7-5-4-6-8-10)15-18-11(14(23)24)12(21)13(22)20(15)3/h4-8,21H,9H2,1-3H3,(H,19,25)(H,23,24). The van der Waals surface area contributed by atoms with Gasteiger partial charge in [-0.05, 0) is 19.4 Å². The summed E-state index contributed by atoms with van der Waals surface area (Å²) < 4.78 is 6.10. The fourth-order valence-electron chi connectivity index (χ4n) is 2.37. The van der Waals surface area contributed by atoms with Gasteiger partial charge in [-0.25, -0.2) is 14.6 Å². The highest BCUT2D eigenvalue weighted by atomic mass is 16.5. The van der Waals surface area contributed by atoms with Gasteiger partial charge in [0.25, 0.3) is 5.56 Å². The number of aromatic hydroxyl groups is 1. The zero-order chi connectivity index (χ0) is 19.5. The number of hydrogen-bond acceptors (Lipinski definition) is 6. The summed E-state index contributed by atoms with van der Waals surface area (Å²) in [5.74, 6) is -2.57. The molecular weight excluding hydrogens is 342 g/mol. The van der Waals surface area contributed by atoms with Crippen molar-refractivity contribution in [1.29, 1.82) is 0 Å². The molecule has 1 heterocycles. The smallest absolute Gasteiger partial charge is 0.408 e. The first kappa shape index (κ1) is 19.0. The number of ether oxygens (including phenoxy) is 1. The monoisotopic (exact) mass is 361 g/mol. The van der Waals surface area contributed by atoms with Crippen molar-refractivity contribution in [1.82, 2.24) is 14.9 Å². The summed E-state index contributed by atoms with van der Waals surface area (Å²) in [6, 6.07) is 9.05. The molecule has 0 bridgehead atoms. The van der Waals surface area contributed by atoms with Gasteiger partial charge in [0.05, 0.1) is 5.54 Å². The molecule has 1 amide bonds. The Hall–Kier alpha value is -3.36. The molecule has 0 spiro atoms. The lowest BCUT2D eigenvalue weighted by molar-refractivity contribution is 0.0685. The fourth-order valence-corrected chi connectivity index (χ4v) is 2.37. The second kappa shape index (κ2) is 7.26. The average molecular weight is 361 g/mol. The maximum absolute atomic E-state index is 12.1. The quantitative estimate of drug-likeness (QED) is 0.732. The number of carboxylic acid groups (broad SMARTS) is 1. The lowest BCUT2D eigenvalue weighted by Gasteiger charge is -2.27. The number of hydrogen-bond donors (Lipinski definition) is 3. The third kappa shape index (κ3) is 4.00. The summed E-state index contributed by atoms with van der Waals surface area (Å²) in [5.41, 5.74) is -2.15. The minimum absolute atomic E-state index is 0.0467. The average Bonchev–Trinajstić information content (AvgIpc) is 2.58. The van der Waals surface area contributed by atoms with Gasteiger partial charge in [-0.3, -0.25) is 9.36 Å². The van der Waals surface area contributed by atoms with Gasteiger partial charge < -0.3 is 20.3 Å². The summed E-state index contributed by atoms with van der Waals surface area (Å²) in [6.07, 6.45) is -0.766. The van der Waals surface area contributed by atoms with Gasteiger partial charge in [-0.1, -0.05) is 30.3 Å². The Balaban J connectivity index is 2.22. The number of carbonyl (C=O) groups is 2. The molecule has 3 N–H and O–H groups in total. The highest BCUT2D eigenvalue weighted by Gasteiger charge is 2.31. The summed E-state index contributed by atoms with van der Waals surface area (Å²) in [5, 5.41) is 21.3.